The van der Waals surface area contributed by atoms with Crippen molar-refractivity contribution >= 4 is 69.2 Å². The van der Waals surface area contributed by atoms with E-state index in [1.54, 1.807) is 6.08 Å². The Bertz CT molecular complexity index is 1080. The van der Waals surface area contributed by atoms with Gasteiger partial charge in [-0.15, -0.1) is 6.42 Å². The number of ether oxygens (including phenoxy) is 2. The fourth-order valence-corrected chi connectivity index (χ4v) is 4.75. The number of esters is 1. The molecule has 1 fully saturated rings. The highest BCUT2D eigenvalue weighted by Gasteiger charge is 2.34. The van der Waals surface area contributed by atoms with Crippen LogP contribution in [0.25, 0.3) is 6.08 Å². The number of benzene rings is 1. The van der Waals surface area contributed by atoms with Crippen LogP contribution in [0.3, 0.4) is 0 Å². The summed E-state index contributed by atoms with van der Waals surface area (Å²) < 4.78 is 17.1. The standard InChI is InChI=1S/C20H14I2N2O6/c1-3-6-29-17-13(21)7-11(8-14(17)22)9-15-18(25)24(20(27)23-15)10-12-4-5-16(30-12)19(26)28-2/h1,4-5,7-9H,6,10H2,2H3,(H,23,27)/b15-9-. The Kier molecular flexibility index (Phi) is 7.03. The van der Waals surface area contributed by atoms with Gasteiger partial charge in [-0.05, 0) is 81.1 Å². The third-order valence-electron chi connectivity index (χ3n) is 3.96. The predicted molar refractivity (Wildman–Crippen MR) is 123 cm³/mol. The first-order chi connectivity index (χ1) is 14.3. The molecule has 2 aromatic rings. The van der Waals surface area contributed by atoms with E-state index in [2.05, 4.69) is 61.2 Å². The van der Waals surface area contributed by atoms with E-state index in [9.17, 15) is 14.4 Å². The zero-order chi connectivity index (χ0) is 21.8. The SMILES string of the molecule is C#CCOc1c(I)cc(/C=C2\NC(=O)N(Cc3ccc(C(=O)OC)o3)C2=O)cc1I. The minimum Gasteiger partial charge on any atom is -0.479 e. The number of nitrogens with one attached hydrogen (secondary N) is 1. The lowest BCUT2D eigenvalue weighted by Crippen LogP contribution is -2.30. The van der Waals surface area contributed by atoms with Gasteiger partial charge in [-0.2, -0.15) is 0 Å². The van der Waals surface area contributed by atoms with Gasteiger partial charge in [0.2, 0.25) is 5.76 Å². The molecule has 3 amide bonds. The Morgan fingerprint density at radius 2 is 2.00 bits per heavy atom. The molecule has 0 atom stereocenters. The molecule has 1 saturated heterocycles. The monoisotopic (exact) mass is 632 g/mol. The number of hydrogen-bond donors (Lipinski definition) is 1. The summed E-state index contributed by atoms with van der Waals surface area (Å²) in [5.74, 6) is 2.21. The first kappa shape index (κ1) is 22.2. The predicted octanol–water partition coefficient (Wildman–Crippen LogP) is 3.38. The van der Waals surface area contributed by atoms with E-state index in [1.807, 2.05) is 12.1 Å². The van der Waals surface area contributed by atoms with Crippen LogP contribution in [0, 0.1) is 19.5 Å². The molecule has 0 unspecified atom stereocenters. The summed E-state index contributed by atoms with van der Waals surface area (Å²) in [4.78, 5) is 37.4. The Labute approximate surface area is 199 Å². The molecule has 1 N–H and O–H groups in total. The Morgan fingerprint density at radius 1 is 1.30 bits per heavy atom. The lowest BCUT2D eigenvalue weighted by molar-refractivity contribution is -0.123. The molecule has 30 heavy (non-hydrogen) atoms. The molecule has 1 aliphatic heterocycles. The van der Waals surface area contributed by atoms with Crippen molar-refractivity contribution in [1.82, 2.24) is 10.2 Å². The van der Waals surface area contributed by atoms with Crippen LogP contribution in [0.5, 0.6) is 5.75 Å². The fraction of sp³-hybridized carbons (Fsp3) is 0.150. The van der Waals surface area contributed by atoms with Crippen LogP contribution in [-0.4, -0.2) is 36.5 Å². The molecule has 3 rings (SSSR count). The van der Waals surface area contributed by atoms with Crippen molar-refractivity contribution in [2.75, 3.05) is 13.7 Å². The van der Waals surface area contributed by atoms with Crippen molar-refractivity contribution in [3.63, 3.8) is 0 Å². The Balaban J connectivity index is 1.79. The Hall–Kier alpha value is -2.53. The van der Waals surface area contributed by atoms with E-state index >= 15 is 0 Å². The highest BCUT2D eigenvalue weighted by molar-refractivity contribution is 14.1. The maximum absolute atomic E-state index is 12.7. The lowest BCUT2D eigenvalue weighted by Gasteiger charge is -2.10. The molecular weight excluding hydrogens is 618 g/mol. The van der Waals surface area contributed by atoms with Crippen molar-refractivity contribution in [3.05, 3.63) is 54.2 Å². The third kappa shape index (κ3) is 4.78. The largest absolute Gasteiger partial charge is 0.479 e. The number of carbonyl (C=O) groups excluding carboxylic acids is 3. The summed E-state index contributed by atoms with van der Waals surface area (Å²) in [6, 6.07) is 5.98. The number of carbonyl (C=O) groups is 3. The Morgan fingerprint density at radius 3 is 2.63 bits per heavy atom. The summed E-state index contributed by atoms with van der Waals surface area (Å²) in [7, 11) is 1.23. The first-order valence-electron chi connectivity index (χ1n) is 8.41. The van der Waals surface area contributed by atoms with Crippen LogP contribution in [0.1, 0.15) is 21.9 Å². The second kappa shape index (κ2) is 9.52. The number of imide groups is 1. The number of nitrogens with zero attached hydrogens (tertiary/aromatic N) is 1. The minimum absolute atomic E-state index is 0.00776. The van der Waals surface area contributed by atoms with E-state index in [-0.39, 0.29) is 30.4 Å². The van der Waals surface area contributed by atoms with E-state index in [0.29, 0.717) is 11.3 Å². The van der Waals surface area contributed by atoms with Crippen LogP contribution in [0.15, 0.2) is 34.4 Å². The summed E-state index contributed by atoms with van der Waals surface area (Å²) in [6.07, 6.45) is 6.81. The first-order valence-corrected chi connectivity index (χ1v) is 10.6. The van der Waals surface area contributed by atoms with Crippen LogP contribution in [0.4, 0.5) is 4.79 Å². The maximum atomic E-state index is 12.7. The van der Waals surface area contributed by atoms with Gasteiger partial charge in [0.1, 0.15) is 23.8 Å². The third-order valence-corrected chi connectivity index (χ3v) is 5.56. The molecule has 8 nitrogen and oxygen atoms in total. The molecule has 2 heterocycles. The van der Waals surface area contributed by atoms with Crippen LogP contribution in [0.2, 0.25) is 0 Å². The van der Waals surface area contributed by atoms with Gasteiger partial charge in [0.15, 0.2) is 0 Å². The highest BCUT2D eigenvalue weighted by Crippen LogP contribution is 2.30. The zero-order valence-corrected chi connectivity index (χ0v) is 19.8. The molecule has 1 aromatic heterocycles. The second-order valence-electron chi connectivity index (χ2n) is 5.94. The summed E-state index contributed by atoms with van der Waals surface area (Å²) >= 11 is 4.23. The van der Waals surface area contributed by atoms with Gasteiger partial charge in [-0.3, -0.25) is 9.69 Å². The molecule has 0 saturated carbocycles. The van der Waals surface area contributed by atoms with Crippen molar-refractivity contribution in [1.29, 1.82) is 0 Å². The average molecular weight is 632 g/mol. The minimum atomic E-state index is -0.641. The number of amides is 3. The van der Waals surface area contributed by atoms with Crippen LogP contribution in [-0.2, 0) is 16.1 Å². The van der Waals surface area contributed by atoms with Gasteiger partial charge in [-0.1, -0.05) is 5.92 Å². The van der Waals surface area contributed by atoms with Gasteiger partial charge >= 0.3 is 12.0 Å². The lowest BCUT2D eigenvalue weighted by atomic mass is 10.2. The maximum Gasteiger partial charge on any atom is 0.373 e. The number of methoxy groups -OCH3 is 1. The smallest absolute Gasteiger partial charge is 0.373 e. The number of halogens is 2. The van der Waals surface area contributed by atoms with Crippen molar-refractivity contribution in [3.8, 4) is 18.1 Å². The summed E-state index contributed by atoms with van der Waals surface area (Å²) in [5, 5.41) is 2.55. The van der Waals surface area contributed by atoms with Crippen molar-refractivity contribution in [2.24, 2.45) is 0 Å². The van der Waals surface area contributed by atoms with E-state index in [4.69, 9.17) is 15.6 Å². The zero-order valence-electron chi connectivity index (χ0n) is 15.5. The second-order valence-corrected chi connectivity index (χ2v) is 8.27. The molecule has 10 heteroatoms. The molecule has 1 aromatic carbocycles. The van der Waals surface area contributed by atoms with Gasteiger partial charge < -0.3 is 19.2 Å². The van der Waals surface area contributed by atoms with E-state index < -0.39 is 17.9 Å². The quantitative estimate of drug-likeness (QED) is 0.173. The molecule has 154 valence electrons. The molecule has 0 aliphatic carbocycles. The van der Waals surface area contributed by atoms with Crippen LogP contribution < -0.4 is 10.1 Å². The van der Waals surface area contributed by atoms with Gasteiger partial charge in [0, 0.05) is 0 Å². The summed E-state index contributed by atoms with van der Waals surface area (Å²) in [5.41, 5.74) is 0.844. The van der Waals surface area contributed by atoms with Gasteiger partial charge in [0.05, 0.1) is 20.8 Å². The normalized spacial score (nSPS) is 14.6. The molecule has 0 radical (unpaired) electrons. The van der Waals surface area contributed by atoms with Gasteiger partial charge in [0.25, 0.3) is 5.91 Å². The highest BCUT2D eigenvalue weighted by atomic mass is 127. The number of hydrogen-bond acceptors (Lipinski definition) is 6. The number of urea groups is 1. The number of terminal acetylenes is 1. The van der Waals surface area contributed by atoms with Crippen molar-refractivity contribution in [2.45, 2.75) is 6.54 Å². The van der Waals surface area contributed by atoms with Crippen LogP contribution >= 0.6 is 45.2 Å². The molecule has 0 bridgehead atoms. The number of furan rings is 1. The molecule has 1 aliphatic rings. The number of rotatable bonds is 6. The van der Waals surface area contributed by atoms with E-state index in [0.717, 1.165) is 12.0 Å². The average Bonchev–Trinajstić information content (AvgIpc) is 3.27. The van der Waals surface area contributed by atoms with Gasteiger partial charge in [-0.25, -0.2) is 9.59 Å². The summed E-state index contributed by atoms with van der Waals surface area (Å²) in [6.45, 7) is 0.0351. The fourth-order valence-electron chi connectivity index (χ4n) is 2.63. The molecule has 0 spiro atoms. The van der Waals surface area contributed by atoms with E-state index in [1.165, 1.54) is 19.2 Å². The topological polar surface area (TPSA) is 98.1 Å². The van der Waals surface area contributed by atoms with Crippen molar-refractivity contribution < 1.29 is 28.3 Å². The molecular formula is C20H14I2N2O6.